The van der Waals surface area contributed by atoms with E-state index in [1.54, 1.807) is 49.4 Å². The first-order chi connectivity index (χ1) is 10.0. The molecule has 0 saturated carbocycles. The zero-order valence-electron chi connectivity index (χ0n) is 11.0. The molecule has 0 aliphatic rings. The SMILES string of the molecule is Cc1c(C(=O)Oc2ccc(Cl)cc2)oc2ccc(Cl)cc12. The van der Waals surface area contributed by atoms with E-state index in [2.05, 4.69) is 0 Å². The third-order valence-corrected chi connectivity index (χ3v) is 3.59. The van der Waals surface area contributed by atoms with Gasteiger partial charge in [-0.25, -0.2) is 4.79 Å². The summed E-state index contributed by atoms with van der Waals surface area (Å²) < 4.78 is 10.8. The molecule has 0 unspecified atom stereocenters. The number of fused-ring (bicyclic) bond motifs is 1. The number of carbonyl (C=O) groups is 1. The molecule has 0 N–H and O–H groups in total. The molecule has 0 amide bonds. The van der Waals surface area contributed by atoms with Crippen molar-refractivity contribution >= 4 is 40.1 Å². The van der Waals surface area contributed by atoms with Crippen LogP contribution in [0.5, 0.6) is 5.75 Å². The van der Waals surface area contributed by atoms with E-state index in [1.807, 2.05) is 0 Å². The highest BCUT2D eigenvalue weighted by Gasteiger charge is 2.19. The summed E-state index contributed by atoms with van der Waals surface area (Å²) in [7, 11) is 0. The average Bonchev–Trinajstić information content (AvgIpc) is 2.79. The molecule has 0 saturated heterocycles. The van der Waals surface area contributed by atoms with Gasteiger partial charge in [0.1, 0.15) is 11.3 Å². The number of carbonyl (C=O) groups excluding carboxylic acids is 1. The number of rotatable bonds is 2. The molecule has 0 aliphatic carbocycles. The number of hydrogen-bond acceptors (Lipinski definition) is 3. The van der Waals surface area contributed by atoms with Crippen molar-refractivity contribution in [2.75, 3.05) is 0 Å². The number of halogens is 2. The van der Waals surface area contributed by atoms with E-state index in [0.29, 0.717) is 26.9 Å². The number of hydrogen-bond donors (Lipinski definition) is 0. The van der Waals surface area contributed by atoms with E-state index < -0.39 is 5.97 Å². The lowest BCUT2D eigenvalue weighted by Gasteiger charge is -2.02. The van der Waals surface area contributed by atoms with Crippen LogP contribution < -0.4 is 4.74 Å². The third-order valence-electron chi connectivity index (χ3n) is 3.11. The van der Waals surface area contributed by atoms with E-state index in [1.165, 1.54) is 0 Å². The first-order valence-electron chi connectivity index (χ1n) is 6.21. The smallest absolute Gasteiger partial charge is 0.379 e. The van der Waals surface area contributed by atoms with Gasteiger partial charge in [0.2, 0.25) is 5.76 Å². The Morgan fingerprint density at radius 3 is 2.43 bits per heavy atom. The number of benzene rings is 2. The second-order valence-corrected chi connectivity index (χ2v) is 5.41. The van der Waals surface area contributed by atoms with Gasteiger partial charge in [0.25, 0.3) is 0 Å². The van der Waals surface area contributed by atoms with Crippen molar-refractivity contribution in [3.8, 4) is 5.75 Å². The lowest BCUT2D eigenvalue weighted by molar-refractivity contribution is 0.0703. The minimum atomic E-state index is -0.554. The second kappa shape index (κ2) is 5.43. The van der Waals surface area contributed by atoms with Crippen molar-refractivity contribution in [3.63, 3.8) is 0 Å². The normalized spacial score (nSPS) is 10.8. The Labute approximate surface area is 131 Å². The highest BCUT2D eigenvalue weighted by atomic mass is 35.5. The fourth-order valence-electron chi connectivity index (χ4n) is 2.04. The van der Waals surface area contributed by atoms with Crippen molar-refractivity contribution in [2.24, 2.45) is 0 Å². The van der Waals surface area contributed by atoms with Gasteiger partial charge in [0, 0.05) is 21.0 Å². The molecular weight excluding hydrogens is 311 g/mol. The molecule has 106 valence electrons. The highest BCUT2D eigenvalue weighted by molar-refractivity contribution is 6.31. The summed E-state index contributed by atoms with van der Waals surface area (Å²) in [6.07, 6.45) is 0. The van der Waals surface area contributed by atoms with E-state index in [-0.39, 0.29) is 5.76 Å². The first-order valence-corrected chi connectivity index (χ1v) is 6.96. The van der Waals surface area contributed by atoms with Gasteiger partial charge in [0.05, 0.1) is 0 Å². The predicted octanol–water partition coefficient (Wildman–Crippen LogP) is 5.27. The van der Waals surface area contributed by atoms with E-state index in [4.69, 9.17) is 32.4 Å². The van der Waals surface area contributed by atoms with Crippen LogP contribution in [0, 0.1) is 6.92 Å². The van der Waals surface area contributed by atoms with Crippen molar-refractivity contribution < 1.29 is 13.9 Å². The number of aryl methyl sites for hydroxylation is 1. The monoisotopic (exact) mass is 320 g/mol. The summed E-state index contributed by atoms with van der Waals surface area (Å²) in [6.45, 7) is 1.79. The Balaban J connectivity index is 1.94. The molecule has 0 radical (unpaired) electrons. The molecule has 3 rings (SSSR count). The summed E-state index contributed by atoms with van der Waals surface area (Å²) in [6, 6.07) is 11.7. The summed E-state index contributed by atoms with van der Waals surface area (Å²) in [5.41, 5.74) is 1.30. The maximum absolute atomic E-state index is 12.2. The molecule has 21 heavy (non-hydrogen) atoms. The van der Waals surface area contributed by atoms with Gasteiger partial charge in [-0.15, -0.1) is 0 Å². The average molecular weight is 321 g/mol. The second-order valence-electron chi connectivity index (χ2n) is 4.54. The van der Waals surface area contributed by atoms with Gasteiger partial charge in [-0.3, -0.25) is 0 Å². The standard InChI is InChI=1S/C16H10Cl2O3/c1-9-13-8-11(18)4-7-14(13)21-15(9)16(19)20-12-5-2-10(17)3-6-12/h2-8H,1H3. The minimum absolute atomic E-state index is 0.169. The quantitative estimate of drug-likeness (QED) is 0.477. The molecule has 0 bridgehead atoms. The molecule has 1 aromatic heterocycles. The van der Waals surface area contributed by atoms with Gasteiger partial charge >= 0.3 is 5.97 Å². The third kappa shape index (κ3) is 2.75. The van der Waals surface area contributed by atoms with E-state index in [0.717, 1.165) is 5.39 Å². The molecule has 0 spiro atoms. The van der Waals surface area contributed by atoms with Crippen LogP contribution in [0.4, 0.5) is 0 Å². The molecule has 3 aromatic rings. The fourth-order valence-corrected chi connectivity index (χ4v) is 2.34. The van der Waals surface area contributed by atoms with Crippen molar-refractivity contribution in [1.29, 1.82) is 0 Å². The Hall–Kier alpha value is -1.97. The van der Waals surface area contributed by atoms with Crippen LogP contribution in [0.15, 0.2) is 46.9 Å². The van der Waals surface area contributed by atoms with E-state index >= 15 is 0 Å². The Morgan fingerprint density at radius 1 is 1.05 bits per heavy atom. The van der Waals surface area contributed by atoms with Crippen LogP contribution in [0.2, 0.25) is 10.0 Å². The van der Waals surface area contributed by atoms with Crippen LogP contribution in [0.1, 0.15) is 16.1 Å². The maximum Gasteiger partial charge on any atom is 0.379 e. The minimum Gasteiger partial charge on any atom is -0.449 e. The predicted molar refractivity (Wildman–Crippen MR) is 82.4 cm³/mol. The fraction of sp³-hybridized carbons (Fsp3) is 0.0625. The zero-order chi connectivity index (χ0) is 15.0. The molecular formula is C16H10Cl2O3. The summed E-state index contributed by atoms with van der Waals surface area (Å²) >= 11 is 11.7. The number of ether oxygens (including phenoxy) is 1. The van der Waals surface area contributed by atoms with E-state index in [9.17, 15) is 4.79 Å². The highest BCUT2D eigenvalue weighted by Crippen LogP contribution is 2.28. The maximum atomic E-state index is 12.2. The van der Waals surface area contributed by atoms with Crippen LogP contribution in [-0.2, 0) is 0 Å². The Kier molecular flexibility index (Phi) is 3.62. The molecule has 3 nitrogen and oxygen atoms in total. The van der Waals surface area contributed by atoms with Crippen LogP contribution in [0.3, 0.4) is 0 Å². The molecule has 1 heterocycles. The molecule has 0 aliphatic heterocycles. The van der Waals surface area contributed by atoms with Crippen molar-refractivity contribution in [3.05, 3.63) is 63.8 Å². The summed E-state index contributed by atoms with van der Waals surface area (Å²) in [5, 5.41) is 1.96. The Bertz CT molecular complexity index is 819. The molecule has 0 atom stereocenters. The largest absolute Gasteiger partial charge is 0.449 e. The van der Waals surface area contributed by atoms with Crippen molar-refractivity contribution in [1.82, 2.24) is 0 Å². The van der Waals surface area contributed by atoms with Gasteiger partial charge in [-0.2, -0.15) is 0 Å². The molecule has 5 heteroatoms. The first kappa shape index (κ1) is 14.0. The van der Waals surface area contributed by atoms with Crippen LogP contribution >= 0.6 is 23.2 Å². The Morgan fingerprint density at radius 2 is 1.71 bits per heavy atom. The zero-order valence-corrected chi connectivity index (χ0v) is 12.5. The van der Waals surface area contributed by atoms with Crippen LogP contribution in [-0.4, -0.2) is 5.97 Å². The lowest BCUT2D eigenvalue weighted by Crippen LogP contribution is -2.08. The topological polar surface area (TPSA) is 39.4 Å². The summed E-state index contributed by atoms with van der Waals surface area (Å²) in [5.74, 6) is 0.0200. The van der Waals surface area contributed by atoms with Crippen molar-refractivity contribution in [2.45, 2.75) is 6.92 Å². The number of esters is 1. The molecule has 2 aromatic carbocycles. The van der Waals surface area contributed by atoms with Gasteiger partial charge in [-0.05, 0) is 49.4 Å². The van der Waals surface area contributed by atoms with Gasteiger partial charge in [0.15, 0.2) is 0 Å². The van der Waals surface area contributed by atoms with Gasteiger partial charge in [-0.1, -0.05) is 23.2 Å². The lowest BCUT2D eigenvalue weighted by atomic mass is 10.1. The number of furan rings is 1. The van der Waals surface area contributed by atoms with Gasteiger partial charge < -0.3 is 9.15 Å². The molecule has 0 fully saturated rings. The summed E-state index contributed by atoms with van der Waals surface area (Å²) in [4.78, 5) is 12.2. The van der Waals surface area contributed by atoms with Crippen LogP contribution in [0.25, 0.3) is 11.0 Å².